The van der Waals surface area contributed by atoms with Crippen molar-refractivity contribution in [3.8, 4) is 11.3 Å². The van der Waals surface area contributed by atoms with Gasteiger partial charge in [0, 0.05) is 5.56 Å². The van der Waals surface area contributed by atoms with E-state index in [1.165, 1.54) is 0 Å². The molecule has 1 aromatic carbocycles. The minimum Gasteiger partial charge on any atom is -0.236 e. The molecule has 0 aliphatic heterocycles. The predicted molar refractivity (Wildman–Crippen MR) is 69.7 cm³/mol. The fourth-order valence-electron chi connectivity index (χ4n) is 1.27. The van der Waals surface area contributed by atoms with E-state index in [4.69, 9.17) is 46.4 Å². The molecule has 1 aromatic heterocycles. The van der Waals surface area contributed by atoms with Crippen LogP contribution in [-0.4, -0.2) is 4.98 Å². The molecule has 0 atom stereocenters. The van der Waals surface area contributed by atoms with E-state index < -0.39 is 0 Å². The van der Waals surface area contributed by atoms with E-state index in [1.54, 1.807) is 24.3 Å². The molecule has 0 unspecified atom stereocenters. The fraction of sp³-hybridized carbons (Fsp3) is 0. The van der Waals surface area contributed by atoms with Crippen molar-refractivity contribution in [1.82, 2.24) is 4.98 Å². The summed E-state index contributed by atoms with van der Waals surface area (Å²) >= 11 is 23.5. The summed E-state index contributed by atoms with van der Waals surface area (Å²) in [6, 6.07) is 8.73. The van der Waals surface area contributed by atoms with Crippen LogP contribution < -0.4 is 0 Å². The minimum atomic E-state index is 0.342. The van der Waals surface area contributed by atoms with Crippen LogP contribution in [0.1, 0.15) is 0 Å². The lowest BCUT2D eigenvalue weighted by molar-refractivity contribution is 1.33. The summed E-state index contributed by atoms with van der Waals surface area (Å²) in [6.45, 7) is 0. The normalized spacial score (nSPS) is 10.5. The van der Waals surface area contributed by atoms with Crippen LogP contribution in [0.2, 0.25) is 20.2 Å². The van der Waals surface area contributed by atoms with Crippen molar-refractivity contribution in [2.75, 3.05) is 0 Å². The summed E-state index contributed by atoms with van der Waals surface area (Å²) in [5.41, 5.74) is 1.48. The van der Waals surface area contributed by atoms with Crippen LogP contribution in [0, 0.1) is 0 Å². The van der Waals surface area contributed by atoms with Crippen LogP contribution in [0.3, 0.4) is 0 Å². The van der Waals surface area contributed by atoms with E-state index in [0.29, 0.717) is 25.9 Å². The maximum absolute atomic E-state index is 5.93. The van der Waals surface area contributed by atoms with Gasteiger partial charge in [0.05, 0.1) is 20.8 Å². The molecule has 0 fully saturated rings. The average molecular weight is 293 g/mol. The highest BCUT2D eigenvalue weighted by Gasteiger charge is 2.08. The lowest BCUT2D eigenvalue weighted by atomic mass is 10.1. The Morgan fingerprint density at radius 1 is 0.875 bits per heavy atom. The smallest absolute Gasteiger partial charge is 0.129 e. The zero-order valence-corrected chi connectivity index (χ0v) is 10.9. The molecule has 2 rings (SSSR count). The molecule has 0 aliphatic rings. The first-order valence-electron chi connectivity index (χ1n) is 4.35. The lowest BCUT2D eigenvalue weighted by Crippen LogP contribution is -1.84. The molecule has 0 radical (unpaired) electrons. The van der Waals surface area contributed by atoms with Crippen LogP contribution in [0.25, 0.3) is 11.3 Å². The molecule has 16 heavy (non-hydrogen) atoms. The number of nitrogens with zero attached hydrogens (tertiary/aromatic N) is 1. The van der Waals surface area contributed by atoms with Crippen molar-refractivity contribution in [2.45, 2.75) is 0 Å². The van der Waals surface area contributed by atoms with Gasteiger partial charge in [-0.15, -0.1) is 0 Å². The van der Waals surface area contributed by atoms with Gasteiger partial charge in [-0.25, -0.2) is 4.98 Å². The monoisotopic (exact) mass is 291 g/mol. The fourth-order valence-corrected chi connectivity index (χ4v) is 2.03. The Balaban J connectivity index is 2.57. The summed E-state index contributed by atoms with van der Waals surface area (Å²) < 4.78 is 0. The highest BCUT2D eigenvalue weighted by molar-refractivity contribution is 6.48. The van der Waals surface area contributed by atoms with E-state index >= 15 is 0 Å². The number of halogens is 4. The second kappa shape index (κ2) is 4.80. The average Bonchev–Trinajstić information content (AvgIpc) is 2.25. The van der Waals surface area contributed by atoms with Crippen molar-refractivity contribution in [2.24, 2.45) is 0 Å². The Kier molecular flexibility index (Phi) is 3.60. The topological polar surface area (TPSA) is 12.9 Å². The van der Waals surface area contributed by atoms with Gasteiger partial charge < -0.3 is 0 Å². The summed E-state index contributed by atoms with van der Waals surface area (Å²) in [4.78, 5) is 4.16. The van der Waals surface area contributed by atoms with E-state index in [1.807, 2.05) is 6.07 Å². The molecule has 0 saturated carbocycles. The zero-order valence-electron chi connectivity index (χ0n) is 7.85. The van der Waals surface area contributed by atoms with Gasteiger partial charge in [-0.2, -0.15) is 0 Å². The maximum atomic E-state index is 5.93. The van der Waals surface area contributed by atoms with Gasteiger partial charge in [-0.3, -0.25) is 0 Å². The molecule has 5 heteroatoms. The van der Waals surface area contributed by atoms with E-state index in [0.717, 1.165) is 5.56 Å². The van der Waals surface area contributed by atoms with Crippen molar-refractivity contribution >= 4 is 46.4 Å². The summed E-state index contributed by atoms with van der Waals surface area (Å²) in [5.74, 6) is 0. The zero-order chi connectivity index (χ0) is 11.7. The Labute approximate surface area is 113 Å². The highest BCUT2D eigenvalue weighted by atomic mass is 35.5. The first-order chi connectivity index (χ1) is 7.58. The van der Waals surface area contributed by atoms with Crippen LogP contribution in [0.15, 0.2) is 30.3 Å². The Bertz CT molecular complexity index is 516. The SMILES string of the molecule is Clc1cccc(-c2cc(Cl)c(Cl)c(Cl)c2)n1. The summed E-state index contributed by atoms with van der Waals surface area (Å²) in [6.07, 6.45) is 0. The maximum Gasteiger partial charge on any atom is 0.129 e. The summed E-state index contributed by atoms with van der Waals surface area (Å²) in [5, 5.41) is 1.55. The molecule has 0 saturated heterocycles. The first kappa shape index (κ1) is 12.0. The molecular formula is C11H5Cl4N. The Hall–Kier alpha value is -0.470. The predicted octanol–water partition coefficient (Wildman–Crippen LogP) is 5.36. The van der Waals surface area contributed by atoms with Gasteiger partial charge in [0.15, 0.2) is 0 Å². The first-order valence-corrected chi connectivity index (χ1v) is 5.86. The number of aromatic nitrogens is 1. The van der Waals surface area contributed by atoms with Gasteiger partial charge in [0.1, 0.15) is 5.15 Å². The minimum absolute atomic E-state index is 0.342. The molecular weight excluding hydrogens is 288 g/mol. The van der Waals surface area contributed by atoms with Gasteiger partial charge in [-0.1, -0.05) is 52.5 Å². The molecule has 0 aliphatic carbocycles. The van der Waals surface area contributed by atoms with Gasteiger partial charge >= 0.3 is 0 Å². The Morgan fingerprint density at radius 3 is 2.06 bits per heavy atom. The third-order valence-electron chi connectivity index (χ3n) is 1.99. The largest absolute Gasteiger partial charge is 0.236 e. The number of benzene rings is 1. The van der Waals surface area contributed by atoms with Gasteiger partial charge in [0.2, 0.25) is 0 Å². The number of pyridine rings is 1. The van der Waals surface area contributed by atoms with Crippen LogP contribution in [-0.2, 0) is 0 Å². The molecule has 0 N–H and O–H groups in total. The number of hydrogen-bond acceptors (Lipinski definition) is 1. The number of hydrogen-bond donors (Lipinski definition) is 0. The van der Waals surface area contributed by atoms with E-state index in [2.05, 4.69) is 4.98 Å². The number of rotatable bonds is 1. The van der Waals surface area contributed by atoms with Gasteiger partial charge in [-0.05, 0) is 24.3 Å². The van der Waals surface area contributed by atoms with E-state index in [9.17, 15) is 0 Å². The molecule has 1 heterocycles. The molecule has 0 bridgehead atoms. The van der Waals surface area contributed by atoms with Gasteiger partial charge in [0.25, 0.3) is 0 Å². The molecule has 0 amide bonds. The molecule has 82 valence electrons. The highest BCUT2D eigenvalue weighted by Crippen LogP contribution is 2.34. The molecule has 2 aromatic rings. The quantitative estimate of drug-likeness (QED) is 0.509. The third-order valence-corrected chi connectivity index (χ3v) is 3.40. The second-order valence-electron chi connectivity index (χ2n) is 3.10. The standard InChI is InChI=1S/C11H5Cl4N/c12-7-4-6(5-8(13)11(7)15)9-2-1-3-10(14)16-9/h1-5H. The van der Waals surface area contributed by atoms with Crippen LogP contribution in [0.5, 0.6) is 0 Å². The third kappa shape index (κ3) is 2.44. The molecule has 1 nitrogen and oxygen atoms in total. The van der Waals surface area contributed by atoms with E-state index in [-0.39, 0.29) is 0 Å². The van der Waals surface area contributed by atoms with Crippen LogP contribution in [0.4, 0.5) is 0 Å². The van der Waals surface area contributed by atoms with Crippen LogP contribution >= 0.6 is 46.4 Å². The second-order valence-corrected chi connectivity index (χ2v) is 4.68. The lowest BCUT2D eigenvalue weighted by Gasteiger charge is -2.05. The van der Waals surface area contributed by atoms with Crippen molar-refractivity contribution in [1.29, 1.82) is 0 Å². The molecule has 0 spiro atoms. The van der Waals surface area contributed by atoms with Crippen molar-refractivity contribution in [3.05, 3.63) is 50.6 Å². The summed E-state index contributed by atoms with van der Waals surface area (Å²) in [7, 11) is 0. The van der Waals surface area contributed by atoms with Crippen molar-refractivity contribution in [3.63, 3.8) is 0 Å². The van der Waals surface area contributed by atoms with Crippen molar-refractivity contribution < 1.29 is 0 Å². The Morgan fingerprint density at radius 2 is 1.50 bits per heavy atom.